The lowest BCUT2D eigenvalue weighted by Crippen LogP contribution is -2.41. The summed E-state index contributed by atoms with van der Waals surface area (Å²) in [6.45, 7) is 3.52. The zero-order chi connectivity index (χ0) is 12.1. The highest BCUT2D eigenvalue weighted by atomic mass is 19.1. The van der Waals surface area contributed by atoms with E-state index in [2.05, 4.69) is 10.6 Å². The molecule has 1 aromatic rings. The van der Waals surface area contributed by atoms with Crippen molar-refractivity contribution in [1.82, 2.24) is 10.6 Å². The molecule has 1 amide bonds. The topological polar surface area (TPSA) is 41.1 Å². The Hall–Kier alpha value is -1.42. The maximum Gasteiger partial charge on any atom is 0.237 e. The fourth-order valence-corrected chi connectivity index (χ4v) is 1.37. The Morgan fingerprint density at radius 1 is 1.31 bits per heavy atom. The number of rotatable bonds is 4. The molecule has 2 atom stereocenters. The highest BCUT2D eigenvalue weighted by Gasteiger charge is 2.16. The summed E-state index contributed by atoms with van der Waals surface area (Å²) < 4.78 is 13.4. The van der Waals surface area contributed by atoms with Crippen LogP contribution in [0.15, 0.2) is 24.3 Å². The molecule has 3 nitrogen and oxygen atoms in total. The highest BCUT2D eigenvalue weighted by molar-refractivity contribution is 5.81. The van der Waals surface area contributed by atoms with Crippen molar-refractivity contribution in [1.29, 1.82) is 0 Å². The van der Waals surface area contributed by atoms with Crippen molar-refractivity contribution in [3.63, 3.8) is 0 Å². The molecule has 0 aliphatic rings. The van der Waals surface area contributed by atoms with E-state index in [0.29, 0.717) is 5.56 Å². The predicted octanol–water partition coefficient (Wildman–Crippen LogP) is 1.61. The van der Waals surface area contributed by atoms with Crippen molar-refractivity contribution in [2.75, 3.05) is 7.05 Å². The first-order chi connectivity index (χ1) is 7.56. The molecule has 0 saturated carbocycles. The maximum atomic E-state index is 13.4. The second-order valence-corrected chi connectivity index (χ2v) is 3.76. The number of hydrogen-bond donors (Lipinski definition) is 2. The van der Waals surface area contributed by atoms with Crippen LogP contribution in [0, 0.1) is 5.82 Å². The van der Waals surface area contributed by atoms with E-state index in [1.807, 2.05) is 0 Å². The van der Waals surface area contributed by atoms with Gasteiger partial charge in [-0.2, -0.15) is 0 Å². The van der Waals surface area contributed by atoms with Crippen molar-refractivity contribution >= 4 is 5.91 Å². The third-order valence-electron chi connectivity index (χ3n) is 2.56. The number of carbonyl (C=O) groups excluding carboxylic acids is 1. The van der Waals surface area contributed by atoms with E-state index in [1.165, 1.54) is 6.07 Å². The van der Waals surface area contributed by atoms with Gasteiger partial charge in [0, 0.05) is 5.56 Å². The molecule has 0 heterocycles. The molecule has 0 bridgehead atoms. The molecule has 1 unspecified atom stereocenters. The fraction of sp³-hybridized carbons (Fsp3) is 0.417. The number of halogens is 1. The molecule has 0 aliphatic carbocycles. The molecule has 1 aromatic carbocycles. The first-order valence-electron chi connectivity index (χ1n) is 5.28. The Kier molecular flexibility index (Phi) is 4.43. The van der Waals surface area contributed by atoms with Gasteiger partial charge in [-0.15, -0.1) is 0 Å². The molecular formula is C12H17FN2O. The SMILES string of the molecule is CNC(C)C(=O)N[C@H](C)c1ccccc1F. The third kappa shape index (κ3) is 3.03. The van der Waals surface area contributed by atoms with Crippen LogP contribution in [-0.4, -0.2) is 19.0 Å². The van der Waals surface area contributed by atoms with Gasteiger partial charge in [-0.1, -0.05) is 18.2 Å². The Bertz CT molecular complexity index is 368. The average molecular weight is 224 g/mol. The van der Waals surface area contributed by atoms with Gasteiger partial charge in [0.2, 0.25) is 5.91 Å². The van der Waals surface area contributed by atoms with Gasteiger partial charge in [0.05, 0.1) is 12.1 Å². The molecule has 2 N–H and O–H groups in total. The number of benzene rings is 1. The van der Waals surface area contributed by atoms with E-state index in [9.17, 15) is 9.18 Å². The standard InChI is InChI=1S/C12H17FN2O/c1-8(15-12(16)9(2)14-3)10-6-4-5-7-11(10)13/h4-9,14H,1-3H3,(H,15,16)/t8-,9?/m1/s1. The fourth-order valence-electron chi connectivity index (χ4n) is 1.37. The number of nitrogens with one attached hydrogen (secondary N) is 2. The van der Waals surface area contributed by atoms with Crippen LogP contribution in [0.3, 0.4) is 0 Å². The van der Waals surface area contributed by atoms with Crippen LogP contribution in [0.5, 0.6) is 0 Å². The Labute approximate surface area is 95.0 Å². The molecule has 88 valence electrons. The summed E-state index contributed by atoms with van der Waals surface area (Å²) in [5.74, 6) is -0.439. The van der Waals surface area contributed by atoms with Gasteiger partial charge in [0.25, 0.3) is 0 Å². The lowest BCUT2D eigenvalue weighted by atomic mass is 10.1. The van der Waals surface area contributed by atoms with Gasteiger partial charge in [-0.3, -0.25) is 4.79 Å². The monoisotopic (exact) mass is 224 g/mol. The third-order valence-corrected chi connectivity index (χ3v) is 2.56. The Morgan fingerprint density at radius 3 is 2.50 bits per heavy atom. The van der Waals surface area contributed by atoms with E-state index in [-0.39, 0.29) is 23.8 Å². The molecule has 16 heavy (non-hydrogen) atoms. The van der Waals surface area contributed by atoms with Crippen LogP contribution in [0.1, 0.15) is 25.5 Å². The van der Waals surface area contributed by atoms with Crippen LogP contribution in [0.4, 0.5) is 4.39 Å². The van der Waals surface area contributed by atoms with Crippen molar-refractivity contribution in [3.8, 4) is 0 Å². The van der Waals surface area contributed by atoms with E-state index in [1.54, 1.807) is 39.1 Å². The molecule has 0 fully saturated rings. The normalized spacial score (nSPS) is 14.2. The number of amides is 1. The highest BCUT2D eigenvalue weighted by Crippen LogP contribution is 2.15. The van der Waals surface area contributed by atoms with E-state index in [4.69, 9.17) is 0 Å². The minimum Gasteiger partial charge on any atom is -0.348 e. The van der Waals surface area contributed by atoms with Gasteiger partial charge in [0.15, 0.2) is 0 Å². The first kappa shape index (κ1) is 12.6. The van der Waals surface area contributed by atoms with Gasteiger partial charge in [-0.25, -0.2) is 4.39 Å². The van der Waals surface area contributed by atoms with Crippen LogP contribution in [-0.2, 0) is 4.79 Å². The van der Waals surface area contributed by atoms with Crippen LogP contribution in [0.25, 0.3) is 0 Å². The smallest absolute Gasteiger partial charge is 0.237 e. The maximum absolute atomic E-state index is 13.4. The van der Waals surface area contributed by atoms with Gasteiger partial charge in [-0.05, 0) is 27.0 Å². The molecule has 1 rings (SSSR count). The van der Waals surface area contributed by atoms with Gasteiger partial charge < -0.3 is 10.6 Å². The van der Waals surface area contributed by atoms with Crippen LogP contribution >= 0.6 is 0 Å². The molecule has 0 aromatic heterocycles. The zero-order valence-electron chi connectivity index (χ0n) is 9.75. The molecule has 0 aliphatic heterocycles. The van der Waals surface area contributed by atoms with E-state index >= 15 is 0 Å². The number of carbonyl (C=O) groups is 1. The second kappa shape index (κ2) is 5.61. The number of likely N-dealkylation sites (N-methyl/N-ethyl adjacent to an activating group) is 1. The lowest BCUT2D eigenvalue weighted by molar-refractivity contribution is -0.123. The minimum atomic E-state index is -0.329. The van der Waals surface area contributed by atoms with Gasteiger partial charge >= 0.3 is 0 Å². The number of hydrogen-bond acceptors (Lipinski definition) is 2. The largest absolute Gasteiger partial charge is 0.348 e. The Morgan fingerprint density at radius 2 is 1.94 bits per heavy atom. The Balaban J connectivity index is 2.69. The van der Waals surface area contributed by atoms with E-state index in [0.717, 1.165) is 0 Å². The quantitative estimate of drug-likeness (QED) is 0.815. The summed E-state index contributed by atoms with van der Waals surface area (Å²) in [5.41, 5.74) is 0.499. The summed E-state index contributed by atoms with van der Waals surface area (Å²) in [6, 6.07) is 5.83. The minimum absolute atomic E-state index is 0.141. The lowest BCUT2D eigenvalue weighted by Gasteiger charge is -2.17. The molecular weight excluding hydrogens is 207 g/mol. The predicted molar refractivity (Wildman–Crippen MR) is 61.5 cm³/mol. The van der Waals surface area contributed by atoms with Crippen LogP contribution < -0.4 is 10.6 Å². The van der Waals surface area contributed by atoms with Crippen molar-refractivity contribution in [2.45, 2.75) is 25.9 Å². The second-order valence-electron chi connectivity index (χ2n) is 3.76. The van der Waals surface area contributed by atoms with Crippen molar-refractivity contribution in [3.05, 3.63) is 35.6 Å². The summed E-state index contributed by atoms with van der Waals surface area (Å²) in [7, 11) is 1.71. The summed E-state index contributed by atoms with van der Waals surface area (Å²) in [4.78, 5) is 11.6. The average Bonchev–Trinajstić information content (AvgIpc) is 2.28. The zero-order valence-corrected chi connectivity index (χ0v) is 9.75. The van der Waals surface area contributed by atoms with Crippen molar-refractivity contribution < 1.29 is 9.18 Å². The molecule has 0 spiro atoms. The summed E-state index contributed by atoms with van der Waals surface area (Å²) >= 11 is 0. The van der Waals surface area contributed by atoms with E-state index < -0.39 is 0 Å². The van der Waals surface area contributed by atoms with Gasteiger partial charge in [0.1, 0.15) is 5.82 Å². The van der Waals surface area contributed by atoms with Crippen LogP contribution in [0.2, 0.25) is 0 Å². The molecule has 4 heteroatoms. The molecule has 0 radical (unpaired) electrons. The molecule has 0 saturated heterocycles. The summed E-state index contributed by atoms with van der Waals surface area (Å²) in [6.07, 6.45) is 0. The van der Waals surface area contributed by atoms with Crippen molar-refractivity contribution in [2.24, 2.45) is 0 Å². The summed E-state index contributed by atoms with van der Waals surface area (Å²) in [5, 5.41) is 5.58. The first-order valence-corrected chi connectivity index (χ1v) is 5.28.